The predicted octanol–water partition coefficient (Wildman–Crippen LogP) is 2.30. The van der Waals surface area contributed by atoms with Crippen molar-refractivity contribution in [3.05, 3.63) is 10.6 Å². The van der Waals surface area contributed by atoms with Gasteiger partial charge in [0.25, 0.3) is 11.8 Å². The molecular formula is C19H28N4O3S. The zero-order valence-corrected chi connectivity index (χ0v) is 16.8. The summed E-state index contributed by atoms with van der Waals surface area (Å²) in [6.07, 6.45) is 8.24. The van der Waals surface area contributed by atoms with Crippen molar-refractivity contribution in [2.24, 2.45) is 5.92 Å². The van der Waals surface area contributed by atoms with Crippen molar-refractivity contribution in [1.82, 2.24) is 19.8 Å². The van der Waals surface area contributed by atoms with Crippen LogP contribution in [0.15, 0.2) is 0 Å². The minimum atomic E-state index is -0.337. The van der Waals surface area contributed by atoms with Gasteiger partial charge in [-0.1, -0.05) is 23.8 Å². The monoisotopic (exact) mass is 392 g/mol. The molecule has 1 saturated carbocycles. The zero-order valence-electron chi connectivity index (χ0n) is 16.0. The number of fused-ring (bicyclic) bond motifs is 2. The van der Waals surface area contributed by atoms with Gasteiger partial charge >= 0.3 is 0 Å². The first-order valence-electron chi connectivity index (χ1n) is 10.0. The van der Waals surface area contributed by atoms with Crippen LogP contribution in [0.4, 0.5) is 0 Å². The van der Waals surface area contributed by atoms with Crippen LogP contribution in [-0.4, -0.2) is 57.6 Å². The van der Waals surface area contributed by atoms with E-state index in [1.165, 1.54) is 19.3 Å². The van der Waals surface area contributed by atoms with E-state index < -0.39 is 0 Å². The van der Waals surface area contributed by atoms with E-state index in [4.69, 9.17) is 4.74 Å². The van der Waals surface area contributed by atoms with Crippen molar-refractivity contribution in [1.29, 1.82) is 0 Å². The summed E-state index contributed by atoms with van der Waals surface area (Å²) in [5.41, 5.74) is 0.658. The van der Waals surface area contributed by atoms with E-state index in [2.05, 4.69) is 14.9 Å². The van der Waals surface area contributed by atoms with Gasteiger partial charge in [0, 0.05) is 13.2 Å². The highest BCUT2D eigenvalue weighted by Gasteiger charge is 2.51. The van der Waals surface area contributed by atoms with Gasteiger partial charge in [-0.15, -0.1) is 5.10 Å². The van der Waals surface area contributed by atoms with Crippen LogP contribution in [0.25, 0.3) is 0 Å². The third-order valence-electron chi connectivity index (χ3n) is 6.54. The number of aromatic nitrogens is 2. The summed E-state index contributed by atoms with van der Waals surface area (Å²) in [5.74, 6) is 0.336. The number of carbonyl (C=O) groups is 2. The van der Waals surface area contributed by atoms with Crippen LogP contribution in [0.2, 0.25) is 0 Å². The lowest BCUT2D eigenvalue weighted by Crippen LogP contribution is -2.49. The third kappa shape index (κ3) is 3.49. The maximum Gasteiger partial charge on any atom is 0.265 e. The van der Waals surface area contributed by atoms with Crippen LogP contribution in [0.5, 0.6) is 0 Å². The third-order valence-corrected chi connectivity index (χ3v) is 7.37. The Morgan fingerprint density at radius 1 is 1.22 bits per heavy atom. The van der Waals surface area contributed by atoms with Gasteiger partial charge in [0.1, 0.15) is 11.0 Å². The zero-order chi connectivity index (χ0) is 19.0. The normalized spacial score (nSPS) is 29.1. The number of hydrogen-bond acceptors (Lipinski definition) is 6. The van der Waals surface area contributed by atoms with Gasteiger partial charge in [-0.2, -0.15) is 0 Å². The summed E-state index contributed by atoms with van der Waals surface area (Å²) in [7, 11) is 1.66. The molecule has 2 amide bonds. The van der Waals surface area contributed by atoms with E-state index in [0.29, 0.717) is 16.5 Å². The molecule has 2 saturated heterocycles. The Kier molecular flexibility index (Phi) is 5.45. The molecule has 0 aromatic carbocycles. The van der Waals surface area contributed by atoms with Crippen LogP contribution >= 0.6 is 11.5 Å². The van der Waals surface area contributed by atoms with Crippen molar-refractivity contribution < 1.29 is 14.3 Å². The summed E-state index contributed by atoms with van der Waals surface area (Å²) in [6, 6.07) is 0.300. The smallest absolute Gasteiger partial charge is 0.265 e. The molecule has 148 valence electrons. The number of nitrogens with one attached hydrogen (secondary N) is 1. The summed E-state index contributed by atoms with van der Waals surface area (Å²) < 4.78 is 9.53. The average Bonchev–Trinajstić information content (AvgIpc) is 3.37. The van der Waals surface area contributed by atoms with E-state index >= 15 is 0 Å². The number of aryl methyl sites for hydroxylation is 1. The Morgan fingerprint density at radius 3 is 2.67 bits per heavy atom. The maximum atomic E-state index is 13.3. The Hall–Kier alpha value is -1.54. The summed E-state index contributed by atoms with van der Waals surface area (Å²) in [4.78, 5) is 28.5. The van der Waals surface area contributed by atoms with Gasteiger partial charge in [-0.25, -0.2) is 0 Å². The van der Waals surface area contributed by atoms with Crippen molar-refractivity contribution >= 4 is 23.3 Å². The van der Waals surface area contributed by atoms with Crippen molar-refractivity contribution in [3.63, 3.8) is 0 Å². The molecule has 4 rings (SSSR count). The molecule has 7 nitrogen and oxygen atoms in total. The van der Waals surface area contributed by atoms with Crippen molar-refractivity contribution in [3.8, 4) is 0 Å². The van der Waals surface area contributed by atoms with Gasteiger partial charge in [-0.05, 0) is 56.5 Å². The molecule has 1 aromatic heterocycles. The van der Waals surface area contributed by atoms with E-state index in [0.717, 1.165) is 43.6 Å². The average molecular weight is 393 g/mol. The molecule has 3 aliphatic rings. The minimum absolute atomic E-state index is 0.00515. The maximum absolute atomic E-state index is 13.3. The molecular weight excluding hydrogens is 364 g/mol. The Bertz CT molecular complexity index is 703. The van der Waals surface area contributed by atoms with Crippen molar-refractivity contribution in [2.75, 3.05) is 7.11 Å². The standard InChI is InChI=1S/C19H28N4O3S/c1-11-17(27-22-21-11)18(24)20-14-10-13-8-9-15(14)23(13)19(25)16(26-2)12-6-4-3-5-7-12/h12-16H,3-10H2,1-2H3,(H,20,24)/t13-,14+,15+,16?/m1/s1. The molecule has 3 fully saturated rings. The highest BCUT2D eigenvalue weighted by atomic mass is 32.1. The second-order valence-corrected chi connectivity index (χ2v) is 8.86. The molecule has 1 N–H and O–H groups in total. The van der Waals surface area contributed by atoms with Gasteiger partial charge in [-0.3, -0.25) is 9.59 Å². The Labute approximate surface area is 164 Å². The van der Waals surface area contributed by atoms with Crippen LogP contribution in [0, 0.1) is 12.8 Å². The quantitative estimate of drug-likeness (QED) is 0.831. The van der Waals surface area contributed by atoms with Gasteiger partial charge in [0.2, 0.25) is 0 Å². The Balaban J connectivity index is 1.44. The number of ether oxygens (including phenoxy) is 1. The molecule has 4 atom stereocenters. The lowest BCUT2D eigenvalue weighted by Gasteiger charge is -2.33. The van der Waals surface area contributed by atoms with Gasteiger partial charge in [0.15, 0.2) is 0 Å². The molecule has 0 spiro atoms. The van der Waals surface area contributed by atoms with Crippen LogP contribution in [0.1, 0.15) is 66.7 Å². The van der Waals surface area contributed by atoms with E-state index in [1.54, 1.807) is 14.0 Å². The molecule has 27 heavy (non-hydrogen) atoms. The summed E-state index contributed by atoms with van der Waals surface area (Å²) in [5, 5.41) is 7.05. The van der Waals surface area contributed by atoms with Crippen LogP contribution < -0.4 is 5.32 Å². The topological polar surface area (TPSA) is 84.4 Å². The second-order valence-electron chi connectivity index (χ2n) is 8.10. The van der Waals surface area contributed by atoms with Crippen molar-refractivity contribution in [2.45, 2.75) is 82.5 Å². The van der Waals surface area contributed by atoms with Gasteiger partial charge < -0.3 is 15.0 Å². The van der Waals surface area contributed by atoms with Crippen LogP contribution in [-0.2, 0) is 9.53 Å². The molecule has 1 aromatic rings. The number of nitrogens with zero attached hydrogens (tertiary/aromatic N) is 3. The fourth-order valence-electron chi connectivity index (χ4n) is 5.24. The fourth-order valence-corrected chi connectivity index (χ4v) is 5.80. The lowest BCUT2D eigenvalue weighted by molar-refractivity contribution is -0.147. The predicted molar refractivity (Wildman–Crippen MR) is 102 cm³/mol. The molecule has 1 unspecified atom stereocenters. The van der Waals surface area contributed by atoms with E-state index in [1.807, 2.05) is 4.90 Å². The SMILES string of the molecule is COC(C(=O)N1[C@@H]2CC[C@H]1[C@@H](NC(=O)c1snnc1C)C2)C1CCCCC1. The number of carbonyl (C=O) groups excluding carboxylic acids is 2. The first kappa shape index (κ1) is 18.8. The highest BCUT2D eigenvalue weighted by Crippen LogP contribution is 2.40. The number of amides is 2. The number of hydrogen-bond donors (Lipinski definition) is 1. The summed E-state index contributed by atoms with van der Waals surface area (Å²) >= 11 is 1.12. The van der Waals surface area contributed by atoms with Crippen LogP contribution in [0.3, 0.4) is 0 Å². The largest absolute Gasteiger partial charge is 0.371 e. The molecule has 8 heteroatoms. The molecule has 2 aliphatic heterocycles. The number of methoxy groups -OCH3 is 1. The highest BCUT2D eigenvalue weighted by molar-refractivity contribution is 7.08. The summed E-state index contributed by atoms with van der Waals surface area (Å²) in [6.45, 7) is 1.79. The van der Waals surface area contributed by atoms with E-state index in [9.17, 15) is 9.59 Å². The molecule has 2 bridgehead atoms. The second kappa shape index (κ2) is 7.83. The fraction of sp³-hybridized carbons (Fsp3) is 0.789. The minimum Gasteiger partial charge on any atom is -0.371 e. The first-order chi connectivity index (χ1) is 13.1. The first-order valence-corrected chi connectivity index (χ1v) is 10.8. The van der Waals surface area contributed by atoms with Gasteiger partial charge in [0.05, 0.1) is 17.8 Å². The Morgan fingerprint density at radius 2 is 2.00 bits per heavy atom. The number of rotatable bonds is 5. The lowest BCUT2D eigenvalue weighted by atomic mass is 9.84. The van der Waals surface area contributed by atoms with E-state index in [-0.39, 0.29) is 36.0 Å². The molecule has 0 radical (unpaired) electrons. The molecule has 1 aliphatic carbocycles. The molecule has 3 heterocycles.